The van der Waals surface area contributed by atoms with E-state index in [1.165, 1.54) is 24.3 Å². The number of benzene rings is 2. The van der Waals surface area contributed by atoms with Crippen molar-refractivity contribution in [2.45, 2.75) is 20.8 Å². The third kappa shape index (κ3) is 4.91. The highest BCUT2D eigenvalue weighted by molar-refractivity contribution is 6.05. The maximum Gasteiger partial charge on any atom is 0.335 e. The monoisotopic (exact) mass is 391 g/mol. The van der Waals surface area contributed by atoms with Gasteiger partial charge in [0.05, 0.1) is 31.1 Å². The zero-order valence-corrected chi connectivity index (χ0v) is 15.9. The Labute approximate surface area is 162 Å². The number of aromatic carboxylic acids is 1. The summed E-state index contributed by atoms with van der Waals surface area (Å²) >= 11 is 0. The number of carbonyl (C=O) groups excluding carboxylic acids is 1. The number of halogens is 1. The first-order chi connectivity index (χ1) is 13.4. The Morgan fingerprint density at radius 2 is 1.50 bits per heavy atom. The minimum absolute atomic E-state index is 0.139. The Kier molecular flexibility index (Phi) is 7.20. The van der Waals surface area contributed by atoms with E-state index in [2.05, 4.69) is 5.32 Å². The van der Waals surface area contributed by atoms with Gasteiger partial charge in [0.1, 0.15) is 5.82 Å². The molecule has 0 aromatic heterocycles. The molecule has 0 aliphatic heterocycles. The molecule has 8 heteroatoms. The number of carbonyl (C=O) groups is 2. The average Bonchev–Trinajstić information content (AvgIpc) is 2.65. The summed E-state index contributed by atoms with van der Waals surface area (Å²) in [6.07, 6.45) is 0. The fourth-order valence-corrected chi connectivity index (χ4v) is 2.46. The fourth-order valence-electron chi connectivity index (χ4n) is 2.46. The molecule has 0 saturated carbocycles. The van der Waals surface area contributed by atoms with Crippen molar-refractivity contribution in [3.63, 3.8) is 0 Å². The lowest BCUT2D eigenvalue weighted by Crippen LogP contribution is -2.14. The number of carboxylic acids is 1. The first kappa shape index (κ1) is 21.0. The van der Waals surface area contributed by atoms with E-state index in [0.29, 0.717) is 37.1 Å². The van der Waals surface area contributed by atoms with Crippen LogP contribution in [-0.2, 0) is 0 Å². The van der Waals surface area contributed by atoms with Gasteiger partial charge in [-0.25, -0.2) is 9.18 Å². The van der Waals surface area contributed by atoms with Crippen LogP contribution in [0.2, 0.25) is 0 Å². The molecule has 0 bridgehead atoms. The third-order valence-electron chi connectivity index (χ3n) is 3.64. The van der Waals surface area contributed by atoms with Crippen LogP contribution in [0.5, 0.6) is 17.2 Å². The minimum atomic E-state index is -1.26. The first-order valence-corrected chi connectivity index (χ1v) is 8.81. The first-order valence-electron chi connectivity index (χ1n) is 8.81. The summed E-state index contributed by atoms with van der Waals surface area (Å²) in [6.45, 7) is 6.48. The van der Waals surface area contributed by atoms with Crippen LogP contribution in [0.3, 0.4) is 0 Å². The summed E-state index contributed by atoms with van der Waals surface area (Å²) in [5.41, 5.74) is -0.175. The average molecular weight is 391 g/mol. The van der Waals surface area contributed by atoms with E-state index in [-0.39, 0.29) is 16.8 Å². The summed E-state index contributed by atoms with van der Waals surface area (Å²) in [4.78, 5) is 23.5. The fraction of sp³-hybridized carbons (Fsp3) is 0.300. The molecule has 0 heterocycles. The van der Waals surface area contributed by atoms with Crippen molar-refractivity contribution in [3.05, 3.63) is 47.3 Å². The second-order valence-electron chi connectivity index (χ2n) is 5.55. The number of carboxylic acid groups (broad SMARTS) is 1. The van der Waals surface area contributed by atoms with Crippen LogP contribution >= 0.6 is 0 Å². The number of hydrogen-bond donors (Lipinski definition) is 2. The third-order valence-corrected chi connectivity index (χ3v) is 3.64. The number of nitrogens with one attached hydrogen (secondary N) is 1. The summed E-state index contributed by atoms with van der Waals surface area (Å²) in [6, 6.07) is 6.20. The molecule has 2 aromatic carbocycles. The molecule has 0 atom stereocenters. The van der Waals surface area contributed by atoms with Gasteiger partial charge in [-0.3, -0.25) is 4.79 Å². The lowest BCUT2D eigenvalue weighted by molar-refractivity contribution is 0.0696. The molecular formula is C20H22FNO6. The minimum Gasteiger partial charge on any atom is -0.490 e. The predicted octanol–water partition coefficient (Wildman–Crippen LogP) is 3.97. The van der Waals surface area contributed by atoms with Crippen LogP contribution in [-0.4, -0.2) is 36.8 Å². The molecule has 28 heavy (non-hydrogen) atoms. The summed E-state index contributed by atoms with van der Waals surface area (Å²) in [7, 11) is 0. The van der Waals surface area contributed by atoms with E-state index in [1.807, 2.05) is 6.92 Å². The lowest BCUT2D eigenvalue weighted by Gasteiger charge is -2.17. The van der Waals surface area contributed by atoms with Crippen molar-refractivity contribution in [2.75, 3.05) is 25.1 Å². The maximum atomic E-state index is 14.1. The molecular weight excluding hydrogens is 369 g/mol. The van der Waals surface area contributed by atoms with Gasteiger partial charge in [0.15, 0.2) is 11.5 Å². The van der Waals surface area contributed by atoms with Gasteiger partial charge in [-0.2, -0.15) is 0 Å². The second kappa shape index (κ2) is 9.59. The second-order valence-corrected chi connectivity index (χ2v) is 5.55. The van der Waals surface area contributed by atoms with Crippen LogP contribution in [0.1, 0.15) is 41.5 Å². The molecule has 0 saturated heterocycles. The van der Waals surface area contributed by atoms with E-state index in [9.17, 15) is 14.0 Å². The Balaban J connectivity index is 2.37. The van der Waals surface area contributed by atoms with Crippen molar-refractivity contribution in [1.29, 1.82) is 0 Å². The highest BCUT2D eigenvalue weighted by Crippen LogP contribution is 2.39. The van der Waals surface area contributed by atoms with Crippen molar-refractivity contribution in [1.82, 2.24) is 0 Å². The van der Waals surface area contributed by atoms with Crippen LogP contribution in [0.15, 0.2) is 30.3 Å². The standard InChI is InChI=1S/C20H22FNO6/c1-4-26-16-10-13(11-17(27-5-2)18(16)28-6-3)19(23)22-15-8-7-12(20(24)25)9-14(15)21/h7-11H,4-6H2,1-3H3,(H,22,23)(H,24,25). The van der Waals surface area contributed by atoms with Gasteiger partial charge in [-0.15, -0.1) is 0 Å². The highest BCUT2D eigenvalue weighted by Gasteiger charge is 2.19. The van der Waals surface area contributed by atoms with E-state index < -0.39 is 17.7 Å². The zero-order chi connectivity index (χ0) is 20.7. The quantitative estimate of drug-likeness (QED) is 0.672. The van der Waals surface area contributed by atoms with Crippen molar-refractivity contribution in [3.8, 4) is 17.2 Å². The molecule has 0 radical (unpaired) electrons. The van der Waals surface area contributed by atoms with E-state index in [1.54, 1.807) is 13.8 Å². The SMILES string of the molecule is CCOc1cc(C(=O)Nc2ccc(C(=O)O)cc2F)cc(OCC)c1OCC. The zero-order valence-electron chi connectivity index (χ0n) is 15.9. The van der Waals surface area contributed by atoms with Crippen molar-refractivity contribution >= 4 is 17.6 Å². The Hall–Kier alpha value is -3.29. The van der Waals surface area contributed by atoms with E-state index in [4.69, 9.17) is 19.3 Å². The van der Waals surface area contributed by atoms with Crippen LogP contribution in [0, 0.1) is 5.82 Å². The van der Waals surface area contributed by atoms with Gasteiger partial charge in [-0.05, 0) is 51.1 Å². The largest absolute Gasteiger partial charge is 0.490 e. The normalized spacial score (nSPS) is 10.3. The van der Waals surface area contributed by atoms with Gasteiger partial charge < -0.3 is 24.6 Å². The van der Waals surface area contributed by atoms with E-state index >= 15 is 0 Å². The molecule has 0 spiro atoms. The molecule has 0 unspecified atom stereocenters. The molecule has 1 amide bonds. The summed E-state index contributed by atoms with van der Waals surface area (Å²) in [5, 5.41) is 11.3. The van der Waals surface area contributed by atoms with Crippen LogP contribution in [0.25, 0.3) is 0 Å². The molecule has 0 aliphatic rings. The topological polar surface area (TPSA) is 94.1 Å². The number of rotatable bonds is 9. The number of hydrogen-bond acceptors (Lipinski definition) is 5. The summed E-state index contributed by atoms with van der Waals surface area (Å²) in [5.74, 6) is -1.66. The Morgan fingerprint density at radius 1 is 0.929 bits per heavy atom. The maximum absolute atomic E-state index is 14.1. The van der Waals surface area contributed by atoms with Crippen LogP contribution in [0.4, 0.5) is 10.1 Å². The van der Waals surface area contributed by atoms with Gasteiger partial charge >= 0.3 is 5.97 Å². The molecule has 150 valence electrons. The van der Waals surface area contributed by atoms with E-state index in [0.717, 1.165) is 6.07 Å². The molecule has 7 nitrogen and oxygen atoms in total. The van der Waals surface area contributed by atoms with Gasteiger partial charge in [0.2, 0.25) is 5.75 Å². The lowest BCUT2D eigenvalue weighted by atomic mass is 10.1. The molecule has 0 aliphatic carbocycles. The number of amides is 1. The van der Waals surface area contributed by atoms with Crippen LogP contribution < -0.4 is 19.5 Å². The Morgan fingerprint density at radius 3 is 1.96 bits per heavy atom. The number of anilines is 1. The molecule has 0 fully saturated rings. The molecule has 2 N–H and O–H groups in total. The Bertz CT molecular complexity index is 841. The molecule has 2 rings (SSSR count). The van der Waals surface area contributed by atoms with Gasteiger partial charge in [0, 0.05) is 5.56 Å². The highest BCUT2D eigenvalue weighted by atomic mass is 19.1. The summed E-state index contributed by atoms with van der Waals surface area (Å²) < 4.78 is 30.8. The van der Waals surface area contributed by atoms with Crippen molar-refractivity contribution in [2.24, 2.45) is 0 Å². The van der Waals surface area contributed by atoms with Gasteiger partial charge in [0.25, 0.3) is 5.91 Å². The van der Waals surface area contributed by atoms with Gasteiger partial charge in [-0.1, -0.05) is 0 Å². The molecule has 2 aromatic rings. The van der Waals surface area contributed by atoms with Crippen molar-refractivity contribution < 1.29 is 33.3 Å². The smallest absolute Gasteiger partial charge is 0.335 e. The number of ether oxygens (including phenoxy) is 3. The predicted molar refractivity (Wildman–Crippen MR) is 101 cm³/mol.